The molecule has 0 radical (unpaired) electrons. The molecule has 0 fully saturated rings. The van der Waals surface area contributed by atoms with Crippen LogP contribution in [-0.4, -0.2) is 28.7 Å². The van der Waals surface area contributed by atoms with E-state index in [4.69, 9.17) is 14.3 Å². The maximum Gasteiger partial charge on any atom is 0.271 e. The van der Waals surface area contributed by atoms with Gasteiger partial charge in [0.25, 0.3) is 10.0 Å². The van der Waals surface area contributed by atoms with Crippen LogP contribution in [0.25, 0.3) is 10.3 Å². The van der Waals surface area contributed by atoms with Crippen molar-refractivity contribution in [2.45, 2.75) is 18.1 Å². The first-order chi connectivity index (χ1) is 8.91. The van der Waals surface area contributed by atoms with Crippen molar-refractivity contribution < 1.29 is 17.6 Å². The molecule has 2 aromatic heterocycles. The molecule has 0 bridgehead atoms. The van der Waals surface area contributed by atoms with Crippen LogP contribution in [0.1, 0.15) is 17.8 Å². The number of fused-ring (bicyclic) bond motifs is 1. The summed E-state index contributed by atoms with van der Waals surface area (Å²) in [5, 5.41) is 8.87. The Morgan fingerprint density at radius 3 is 2.84 bits per heavy atom. The van der Waals surface area contributed by atoms with Gasteiger partial charge < -0.3 is 14.5 Å². The summed E-state index contributed by atoms with van der Waals surface area (Å²) in [6.45, 7) is 3.42. The SMILES string of the molecule is COCCNC(C)c1cc2cc(S(N)(=O)=O)oc2s1. The van der Waals surface area contributed by atoms with Gasteiger partial charge in [-0.3, -0.25) is 0 Å². The van der Waals surface area contributed by atoms with Crippen LogP contribution in [0.5, 0.6) is 0 Å². The molecule has 0 spiro atoms. The molecule has 6 nitrogen and oxygen atoms in total. The standard InChI is InChI=1S/C11H16N2O4S2/c1-7(13-3-4-16-2)9-5-8-6-10(19(12,14)15)17-11(8)18-9/h5-7,13H,3-4H2,1-2H3,(H2,12,14,15). The van der Waals surface area contributed by atoms with Crippen molar-refractivity contribution in [1.29, 1.82) is 0 Å². The van der Waals surface area contributed by atoms with E-state index in [1.54, 1.807) is 7.11 Å². The van der Waals surface area contributed by atoms with E-state index in [1.807, 2.05) is 13.0 Å². The number of hydrogen-bond donors (Lipinski definition) is 2. The summed E-state index contributed by atoms with van der Waals surface area (Å²) in [6, 6.07) is 3.51. The number of hydrogen-bond acceptors (Lipinski definition) is 6. The van der Waals surface area contributed by atoms with Crippen LogP contribution in [0.4, 0.5) is 0 Å². The summed E-state index contributed by atoms with van der Waals surface area (Å²) in [5.41, 5.74) is 0. The van der Waals surface area contributed by atoms with Gasteiger partial charge in [0.2, 0.25) is 5.09 Å². The van der Waals surface area contributed by atoms with Crippen LogP contribution in [0.2, 0.25) is 0 Å². The minimum absolute atomic E-state index is 0.153. The Bertz CT molecular complexity index is 628. The molecule has 1 unspecified atom stereocenters. The maximum absolute atomic E-state index is 11.2. The molecule has 106 valence electrons. The summed E-state index contributed by atoms with van der Waals surface area (Å²) in [7, 11) is -2.13. The predicted octanol–water partition coefficient (Wildman–Crippen LogP) is 1.44. The molecule has 2 aromatic rings. The van der Waals surface area contributed by atoms with Gasteiger partial charge in [0.1, 0.15) is 0 Å². The van der Waals surface area contributed by atoms with Crippen LogP contribution >= 0.6 is 11.3 Å². The number of methoxy groups -OCH3 is 1. The second-order valence-corrected chi connectivity index (χ2v) is 6.71. The van der Waals surface area contributed by atoms with Crippen LogP contribution in [0.15, 0.2) is 21.6 Å². The maximum atomic E-state index is 11.2. The van der Waals surface area contributed by atoms with E-state index in [2.05, 4.69) is 5.32 Å². The summed E-state index contributed by atoms with van der Waals surface area (Å²) >= 11 is 1.41. The van der Waals surface area contributed by atoms with Gasteiger partial charge in [-0.2, -0.15) is 0 Å². The van der Waals surface area contributed by atoms with Gasteiger partial charge >= 0.3 is 0 Å². The lowest BCUT2D eigenvalue weighted by atomic mass is 10.2. The van der Waals surface area contributed by atoms with Crippen LogP contribution in [0, 0.1) is 0 Å². The second-order valence-electron chi connectivity index (χ2n) is 4.17. The average Bonchev–Trinajstić information content (AvgIpc) is 2.85. The highest BCUT2D eigenvalue weighted by Crippen LogP contribution is 2.33. The third kappa shape index (κ3) is 3.34. The molecule has 2 rings (SSSR count). The smallest absolute Gasteiger partial charge is 0.271 e. The Hall–Kier alpha value is -0.930. The van der Waals surface area contributed by atoms with Gasteiger partial charge in [-0.1, -0.05) is 0 Å². The average molecular weight is 304 g/mol. The van der Waals surface area contributed by atoms with Crippen LogP contribution < -0.4 is 10.5 Å². The lowest BCUT2D eigenvalue weighted by Crippen LogP contribution is -2.22. The van der Waals surface area contributed by atoms with Crippen molar-refractivity contribution in [3.05, 3.63) is 17.0 Å². The fourth-order valence-corrected chi connectivity index (χ4v) is 3.24. The number of rotatable bonds is 6. The zero-order chi connectivity index (χ0) is 14.0. The molecular formula is C11H16N2O4S2. The molecule has 0 aliphatic rings. The molecule has 0 aromatic carbocycles. The molecule has 0 aliphatic carbocycles. The highest BCUT2D eigenvalue weighted by Gasteiger charge is 2.18. The molecule has 8 heteroatoms. The molecular weight excluding hydrogens is 288 g/mol. The zero-order valence-electron chi connectivity index (χ0n) is 10.7. The molecule has 3 N–H and O–H groups in total. The van der Waals surface area contributed by atoms with E-state index in [-0.39, 0.29) is 11.1 Å². The lowest BCUT2D eigenvalue weighted by molar-refractivity contribution is 0.196. The van der Waals surface area contributed by atoms with Gasteiger partial charge in [0.05, 0.1) is 6.61 Å². The third-order valence-corrected chi connectivity index (χ3v) is 4.65. The minimum atomic E-state index is -3.78. The normalized spacial score (nSPS) is 14.1. The topological polar surface area (TPSA) is 94.6 Å². The summed E-state index contributed by atoms with van der Waals surface area (Å²) in [6.07, 6.45) is 0. The van der Waals surface area contributed by atoms with Gasteiger partial charge in [0, 0.05) is 36.0 Å². The van der Waals surface area contributed by atoms with Crippen molar-refractivity contribution >= 4 is 31.6 Å². The highest BCUT2D eigenvalue weighted by atomic mass is 32.2. The number of nitrogens with two attached hydrogens (primary N) is 1. The van der Waals surface area contributed by atoms with Gasteiger partial charge in [-0.05, 0) is 13.0 Å². The number of thiophene rings is 1. The number of sulfonamides is 1. The molecule has 0 saturated heterocycles. The van der Waals surface area contributed by atoms with Crippen molar-refractivity contribution in [1.82, 2.24) is 5.32 Å². The van der Waals surface area contributed by atoms with E-state index in [9.17, 15) is 8.42 Å². The Morgan fingerprint density at radius 2 is 2.26 bits per heavy atom. The van der Waals surface area contributed by atoms with E-state index < -0.39 is 10.0 Å². The number of nitrogens with one attached hydrogen (secondary N) is 1. The largest absolute Gasteiger partial charge is 0.433 e. The first-order valence-electron chi connectivity index (χ1n) is 5.70. The molecule has 1 atom stereocenters. The van der Waals surface area contributed by atoms with Crippen LogP contribution in [0.3, 0.4) is 0 Å². The molecule has 19 heavy (non-hydrogen) atoms. The fourth-order valence-electron chi connectivity index (χ4n) is 1.67. The Kier molecular flexibility index (Phi) is 4.26. The lowest BCUT2D eigenvalue weighted by Gasteiger charge is -2.10. The first kappa shape index (κ1) is 14.5. The van der Waals surface area contributed by atoms with E-state index >= 15 is 0 Å². The molecule has 0 saturated carbocycles. The Balaban J connectivity index is 2.17. The van der Waals surface area contributed by atoms with Crippen molar-refractivity contribution in [3.63, 3.8) is 0 Å². The minimum Gasteiger partial charge on any atom is -0.433 e. The highest BCUT2D eigenvalue weighted by molar-refractivity contribution is 7.89. The monoisotopic (exact) mass is 304 g/mol. The van der Waals surface area contributed by atoms with E-state index in [0.29, 0.717) is 11.5 Å². The summed E-state index contributed by atoms with van der Waals surface area (Å²) in [4.78, 5) is 1.64. The number of primary sulfonamides is 1. The van der Waals surface area contributed by atoms with Crippen molar-refractivity contribution in [2.75, 3.05) is 20.3 Å². The summed E-state index contributed by atoms with van der Waals surface area (Å²) < 4.78 is 32.5. The Labute approximate surface area is 115 Å². The van der Waals surface area contributed by atoms with E-state index in [0.717, 1.165) is 16.8 Å². The third-order valence-electron chi connectivity index (χ3n) is 2.67. The van der Waals surface area contributed by atoms with Gasteiger partial charge in [-0.25, -0.2) is 13.6 Å². The fraction of sp³-hybridized carbons (Fsp3) is 0.455. The Morgan fingerprint density at radius 1 is 1.53 bits per heavy atom. The molecule has 2 heterocycles. The number of furan rings is 1. The second kappa shape index (κ2) is 5.59. The predicted molar refractivity (Wildman–Crippen MR) is 73.8 cm³/mol. The quantitative estimate of drug-likeness (QED) is 0.787. The van der Waals surface area contributed by atoms with Crippen molar-refractivity contribution in [3.8, 4) is 0 Å². The summed E-state index contributed by atoms with van der Waals surface area (Å²) in [5.74, 6) is 0. The number of ether oxygens (including phenoxy) is 1. The van der Waals surface area contributed by atoms with Crippen molar-refractivity contribution in [2.24, 2.45) is 5.14 Å². The zero-order valence-corrected chi connectivity index (χ0v) is 12.3. The first-order valence-corrected chi connectivity index (χ1v) is 8.06. The van der Waals surface area contributed by atoms with E-state index in [1.165, 1.54) is 17.4 Å². The molecule has 0 amide bonds. The van der Waals surface area contributed by atoms with Crippen LogP contribution in [-0.2, 0) is 14.8 Å². The van der Waals surface area contributed by atoms with Gasteiger partial charge in [-0.15, -0.1) is 11.3 Å². The molecule has 0 aliphatic heterocycles. The van der Waals surface area contributed by atoms with Gasteiger partial charge in [0.15, 0.2) is 4.90 Å².